The summed E-state index contributed by atoms with van der Waals surface area (Å²) in [6, 6.07) is 32.4. The highest BCUT2D eigenvalue weighted by atomic mass is 16.5. The Bertz CT molecular complexity index is 1210. The molecule has 0 fully saturated rings. The zero-order chi connectivity index (χ0) is 23.1. The topological polar surface area (TPSA) is 78.8 Å². The summed E-state index contributed by atoms with van der Waals surface area (Å²) in [4.78, 5) is 13.5. The van der Waals surface area contributed by atoms with Crippen LogP contribution in [0.1, 0.15) is 22.3 Å². The molecule has 5 heteroatoms. The van der Waals surface area contributed by atoms with Gasteiger partial charge < -0.3 is 20.3 Å². The van der Waals surface area contributed by atoms with Crippen molar-refractivity contribution in [3.05, 3.63) is 131 Å². The van der Waals surface area contributed by atoms with Crippen molar-refractivity contribution in [3.63, 3.8) is 0 Å². The summed E-state index contributed by atoms with van der Waals surface area (Å²) in [5, 5.41) is 24.2. The molecule has 0 saturated carbocycles. The molecule has 166 valence electrons. The molecule has 0 bridgehead atoms. The minimum atomic E-state index is -1.98. The highest BCUT2D eigenvalue weighted by Gasteiger charge is 2.40. The fourth-order valence-electron chi connectivity index (χ4n) is 3.65. The summed E-state index contributed by atoms with van der Waals surface area (Å²) in [7, 11) is 0. The maximum absolute atomic E-state index is 13.5. The van der Waals surface area contributed by atoms with Crippen LogP contribution in [0.5, 0.6) is 5.75 Å². The average molecular weight is 440 g/mol. The lowest BCUT2D eigenvalue weighted by Gasteiger charge is -2.29. The number of carbonyl (C=O) groups is 1. The van der Waals surface area contributed by atoms with E-state index in [1.165, 1.54) is 0 Å². The molecule has 1 atom stereocenters. The summed E-state index contributed by atoms with van der Waals surface area (Å²) in [6.07, 6.45) is 0. The number of carbonyl (C=O) groups excluding carboxylic acids is 1. The molecule has 0 aliphatic carbocycles. The van der Waals surface area contributed by atoms with E-state index in [1.807, 2.05) is 36.4 Å². The molecule has 0 heterocycles. The Balaban J connectivity index is 1.68. The van der Waals surface area contributed by atoms with E-state index in [2.05, 4.69) is 5.32 Å². The van der Waals surface area contributed by atoms with Crippen molar-refractivity contribution in [2.75, 3.05) is 5.32 Å². The summed E-state index contributed by atoms with van der Waals surface area (Å²) >= 11 is 0. The zero-order valence-corrected chi connectivity index (χ0v) is 18.0. The molecule has 4 rings (SSSR count). The van der Waals surface area contributed by atoms with E-state index in [4.69, 9.17) is 4.74 Å². The van der Waals surface area contributed by atoms with Crippen molar-refractivity contribution in [1.82, 2.24) is 0 Å². The largest absolute Gasteiger partial charge is 0.489 e. The summed E-state index contributed by atoms with van der Waals surface area (Å²) in [5.41, 5.74) is 0.828. The predicted octanol–water partition coefficient (Wildman–Crippen LogP) is 4.63. The van der Waals surface area contributed by atoms with Gasteiger partial charge in [-0.15, -0.1) is 0 Å². The molecule has 4 aromatic rings. The maximum Gasteiger partial charge on any atom is 0.265 e. The van der Waals surface area contributed by atoms with Crippen molar-refractivity contribution in [2.45, 2.75) is 18.8 Å². The standard InChI is InChI=1S/C28H25NO4/c30-19-22-12-7-8-17-26(22)29-27(31)28(32,23-13-5-2-6-14-23)24-15-9-16-25(18-24)33-20-21-10-3-1-4-11-21/h1-18,30,32H,19-20H2,(H,29,31). The van der Waals surface area contributed by atoms with Gasteiger partial charge in [-0.1, -0.05) is 91.0 Å². The molecule has 0 spiro atoms. The Labute approximate surface area is 192 Å². The SMILES string of the molecule is O=C(Nc1ccccc1CO)C(O)(c1ccccc1)c1cccc(OCc2ccccc2)c1. The maximum atomic E-state index is 13.5. The van der Waals surface area contributed by atoms with Gasteiger partial charge in [0.1, 0.15) is 12.4 Å². The lowest BCUT2D eigenvalue weighted by atomic mass is 9.85. The molecular formula is C28H25NO4. The van der Waals surface area contributed by atoms with Gasteiger partial charge in [-0.05, 0) is 29.3 Å². The Morgan fingerprint density at radius 1 is 0.788 bits per heavy atom. The van der Waals surface area contributed by atoms with Crippen LogP contribution >= 0.6 is 0 Å². The van der Waals surface area contributed by atoms with Crippen LogP contribution in [-0.4, -0.2) is 16.1 Å². The molecule has 0 saturated heterocycles. The number of amides is 1. The molecule has 1 unspecified atom stereocenters. The van der Waals surface area contributed by atoms with E-state index in [1.54, 1.807) is 72.8 Å². The summed E-state index contributed by atoms with van der Waals surface area (Å²) in [5.74, 6) is -0.0934. The zero-order valence-electron chi connectivity index (χ0n) is 18.0. The van der Waals surface area contributed by atoms with Gasteiger partial charge in [0.15, 0.2) is 5.60 Å². The third kappa shape index (κ3) is 4.95. The van der Waals surface area contributed by atoms with Crippen molar-refractivity contribution < 1.29 is 19.7 Å². The van der Waals surface area contributed by atoms with Gasteiger partial charge in [-0.3, -0.25) is 4.79 Å². The van der Waals surface area contributed by atoms with Crippen LogP contribution in [0.25, 0.3) is 0 Å². The molecular weight excluding hydrogens is 414 g/mol. The number of para-hydroxylation sites is 1. The second-order valence-electron chi connectivity index (χ2n) is 7.65. The van der Waals surface area contributed by atoms with Crippen LogP contribution in [0, 0.1) is 0 Å². The van der Waals surface area contributed by atoms with Gasteiger partial charge in [-0.2, -0.15) is 0 Å². The fraction of sp³-hybridized carbons (Fsp3) is 0.107. The summed E-state index contributed by atoms with van der Waals surface area (Å²) < 4.78 is 5.92. The van der Waals surface area contributed by atoms with Gasteiger partial charge in [0.25, 0.3) is 5.91 Å². The number of rotatable bonds is 8. The van der Waals surface area contributed by atoms with Gasteiger partial charge in [-0.25, -0.2) is 0 Å². The lowest BCUT2D eigenvalue weighted by Crippen LogP contribution is -2.41. The number of aliphatic hydroxyl groups is 2. The first-order valence-electron chi connectivity index (χ1n) is 10.7. The van der Waals surface area contributed by atoms with E-state index >= 15 is 0 Å². The van der Waals surface area contributed by atoms with Crippen LogP contribution < -0.4 is 10.1 Å². The number of benzene rings is 4. The highest BCUT2D eigenvalue weighted by molar-refractivity contribution is 6.00. The van der Waals surface area contributed by atoms with Crippen LogP contribution in [0.3, 0.4) is 0 Å². The number of aliphatic hydroxyl groups excluding tert-OH is 1. The van der Waals surface area contributed by atoms with Crippen molar-refractivity contribution in [1.29, 1.82) is 0 Å². The molecule has 0 aliphatic rings. The van der Waals surface area contributed by atoms with E-state index in [0.29, 0.717) is 34.7 Å². The number of anilines is 1. The van der Waals surface area contributed by atoms with Crippen molar-refractivity contribution >= 4 is 11.6 Å². The molecule has 0 radical (unpaired) electrons. The summed E-state index contributed by atoms with van der Waals surface area (Å²) in [6.45, 7) is 0.132. The Hall–Kier alpha value is -3.93. The fourth-order valence-corrected chi connectivity index (χ4v) is 3.65. The third-order valence-electron chi connectivity index (χ3n) is 5.46. The minimum Gasteiger partial charge on any atom is -0.489 e. The van der Waals surface area contributed by atoms with Crippen LogP contribution in [-0.2, 0) is 23.6 Å². The lowest BCUT2D eigenvalue weighted by molar-refractivity contribution is -0.131. The molecule has 33 heavy (non-hydrogen) atoms. The molecule has 5 nitrogen and oxygen atoms in total. The quantitative estimate of drug-likeness (QED) is 0.374. The first-order valence-corrected chi connectivity index (χ1v) is 10.7. The van der Waals surface area contributed by atoms with Gasteiger partial charge >= 0.3 is 0 Å². The molecule has 4 aromatic carbocycles. The normalized spacial score (nSPS) is 12.5. The second-order valence-corrected chi connectivity index (χ2v) is 7.65. The van der Waals surface area contributed by atoms with Crippen LogP contribution in [0.4, 0.5) is 5.69 Å². The Morgan fingerprint density at radius 3 is 2.15 bits per heavy atom. The average Bonchev–Trinajstić information content (AvgIpc) is 2.88. The Kier molecular flexibility index (Phi) is 6.83. The first-order chi connectivity index (χ1) is 16.1. The number of nitrogens with one attached hydrogen (secondary N) is 1. The van der Waals surface area contributed by atoms with E-state index < -0.39 is 11.5 Å². The molecule has 3 N–H and O–H groups in total. The highest BCUT2D eigenvalue weighted by Crippen LogP contribution is 2.33. The number of hydrogen-bond acceptors (Lipinski definition) is 4. The van der Waals surface area contributed by atoms with Gasteiger partial charge in [0.2, 0.25) is 0 Å². The van der Waals surface area contributed by atoms with E-state index in [-0.39, 0.29) is 6.61 Å². The van der Waals surface area contributed by atoms with E-state index in [0.717, 1.165) is 5.56 Å². The van der Waals surface area contributed by atoms with Crippen molar-refractivity contribution in [3.8, 4) is 5.75 Å². The van der Waals surface area contributed by atoms with Crippen molar-refractivity contribution in [2.24, 2.45) is 0 Å². The Morgan fingerprint density at radius 2 is 1.42 bits per heavy atom. The monoisotopic (exact) mass is 439 g/mol. The third-order valence-corrected chi connectivity index (χ3v) is 5.46. The molecule has 0 aliphatic heterocycles. The van der Waals surface area contributed by atoms with E-state index in [9.17, 15) is 15.0 Å². The minimum absolute atomic E-state index is 0.233. The predicted molar refractivity (Wildman–Crippen MR) is 128 cm³/mol. The number of ether oxygens (including phenoxy) is 1. The molecule has 0 aromatic heterocycles. The number of hydrogen-bond donors (Lipinski definition) is 3. The second kappa shape index (κ2) is 10.1. The van der Waals surface area contributed by atoms with Crippen LogP contribution in [0.2, 0.25) is 0 Å². The molecule has 1 amide bonds. The smallest absolute Gasteiger partial charge is 0.265 e. The van der Waals surface area contributed by atoms with Crippen LogP contribution in [0.15, 0.2) is 109 Å². The van der Waals surface area contributed by atoms with Gasteiger partial charge in [0.05, 0.1) is 6.61 Å². The van der Waals surface area contributed by atoms with Gasteiger partial charge in [0, 0.05) is 16.8 Å². The first kappa shape index (κ1) is 22.3.